The third-order valence-electron chi connectivity index (χ3n) is 11.0. The van der Waals surface area contributed by atoms with Crippen molar-refractivity contribution in [3.63, 3.8) is 0 Å². The summed E-state index contributed by atoms with van der Waals surface area (Å²) in [6.07, 6.45) is 1.86. The Morgan fingerprint density at radius 2 is 1.40 bits per heavy atom. The molecule has 1 amide bonds. The number of nitrogens with one attached hydrogen (secondary N) is 3. The second-order valence-electron chi connectivity index (χ2n) is 14.8. The number of allylic oxidation sites excluding steroid dienone is 3. The van der Waals surface area contributed by atoms with E-state index in [4.69, 9.17) is 15.1 Å². The van der Waals surface area contributed by atoms with Crippen LogP contribution in [0, 0.1) is 19.8 Å². The summed E-state index contributed by atoms with van der Waals surface area (Å²) in [4.78, 5) is 89.1. The average molecular weight is 794 g/mol. The van der Waals surface area contributed by atoms with Gasteiger partial charge in [0.25, 0.3) is 0 Å². The summed E-state index contributed by atoms with van der Waals surface area (Å²) in [5.74, 6) is -8.44. The summed E-state index contributed by atoms with van der Waals surface area (Å²) < 4.78 is 0. The number of aromatic amines is 2. The molecule has 0 fully saturated rings. The van der Waals surface area contributed by atoms with E-state index in [1.165, 1.54) is 0 Å². The van der Waals surface area contributed by atoms with E-state index >= 15 is 0 Å². The van der Waals surface area contributed by atoms with Gasteiger partial charge in [-0.05, 0) is 80.1 Å². The molecule has 4 atom stereocenters. The van der Waals surface area contributed by atoms with Crippen molar-refractivity contribution < 1.29 is 49.2 Å². The zero-order chi connectivity index (χ0) is 42.6. The number of H-pyrrole nitrogens is 2. The van der Waals surface area contributed by atoms with Crippen molar-refractivity contribution in [2.45, 2.75) is 90.5 Å². The monoisotopic (exact) mass is 793 g/mol. The van der Waals surface area contributed by atoms with E-state index in [0.29, 0.717) is 39.4 Å². The Kier molecular flexibility index (Phi) is 12.9. The Morgan fingerprint density at radius 1 is 0.759 bits per heavy atom. The van der Waals surface area contributed by atoms with E-state index in [0.717, 1.165) is 38.9 Å². The van der Waals surface area contributed by atoms with Crippen molar-refractivity contribution >= 4 is 74.9 Å². The van der Waals surface area contributed by atoms with Crippen molar-refractivity contribution in [2.24, 2.45) is 5.92 Å². The fourth-order valence-electron chi connectivity index (χ4n) is 7.65. The molecule has 0 aromatic carbocycles. The highest BCUT2D eigenvalue weighted by atomic mass is 16.4. The van der Waals surface area contributed by atoms with Crippen molar-refractivity contribution in [1.29, 1.82) is 0 Å². The molecule has 304 valence electrons. The number of carbonyl (C=O) groups is 6. The standard InChI is InChI=1S/C43H47N5O10/c1-7-26-20(3)30-15-31-22(5)28(10-9-25(49)13-24(42(55)56)14-40(51)52)36(46-31)18-37-29(11-12-39(50)48-38(43(57)58)19-41(53)54)23(6)33(47-37)17-35-27(8-2)21(4)32(45-35)16-34(26)44-30/h7-8,15-18,22,24,28,38,44,47H,1-2,9-14,19H2,3-6H3,(H,48,50)(H,51,52)(H,53,54)(H,55,56)(H,57,58)/t22?,24?,28?,38-/m0/s1. The lowest BCUT2D eigenvalue weighted by Crippen LogP contribution is -2.42. The predicted molar refractivity (Wildman–Crippen MR) is 217 cm³/mol. The minimum atomic E-state index is -1.61. The molecule has 5 rings (SSSR count). The molecule has 0 saturated carbocycles. The van der Waals surface area contributed by atoms with Crippen LogP contribution in [-0.2, 0) is 35.2 Å². The largest absolute Gasteiger partial charge is 0.481 e. The number of Topliss-reactive ketones (excluding diaryl/α,β-unsaturated/α-hetero) is 1. The van der Waals surface area contributed by atoms with Gasteiger partial charge in [0.2, 0.25) is 5.91 Å². The maximum atomic E-state index is 13.2. The zero-order valence-corrected chi connectivity index (χ0v) is 32.8. The summed E-state index contributed by atoms with van der Waals surface area (Å²) in [6.45, 7) is 15.9. The van der Waals surface area contributed by atoms with Crippen LogP contribution >= 0.6 is 0 Å². The minimum Gasteiger partial charge on any atom is -0.481 e. The van der Waals surface area contributed by atoms with Crippen molar-refractivity contribution in [1.82, 2.24) is 25.3 Å². The van der Waals surface area contributed by atoms with Crippen LogP contribution in [0.25, 0.3) is 39.3 Å². The van der Waals surface area contributed by atoms with Gasteiger partial charge in [0.15, 0.2) is 0 Å². The molecule has 5 heterocycles. The normalized spacial score (nSPS) is 16.0. The molecule has 2 aliphatic rings. The fourth-order valence-corrected chi connectivity index (χ4v) is 7.65. The number of carboxylic acids is 4. The summed E-state index contributed by atoms with van der Waals surface area (Å²) in [5.41, 5.74) is 10.6. The van der Waals surface area contributed by atoms with Gasteiger partial charge in [-0.2, -0.15) is 0 Å². The van der Waals surface area contributed by atoms with Gasteiger partial charge >= 0.3 is 23.9 Å². The Bertz CT molecular complexity index is 2440. The first kappa shape index (κ1) is 42.5. The maximum absolute atomic E-state index is 13.2. The second-order valence-corrected chi connectivity index (χ2v) is 14.8. The molecule has 3 aromatic heterocycles. The van der Waals surface area contributed by atoms with Gasteiger partial charge in [-0.25, -0.2) is 9.78 Å². The van der Waals surface area contributed by atoms with E-state index in [1.54, 1.807) is 12.2 Å². The number of hydrogen-bond acceptors (Lipinski definition) is 8. The number of aliphatic carboxylic acids is 4. The lowest BCUT2D eigenvalue weighted by molar-refractivity contribution is -0.149. The highest BCUT2D eigenvalue weighted by molar-refractivity contribution is 5.97. The molecule has 15 heteroatoms. The fraction of sp³-hybridized carbons (Fsp3) is 0.349. The lowest BCUT2D eigenvalue weighted by atomic mass is 9.85. The summed E-state index contributed by atoms with van der Waals surface area (Å²) in [5, 5.41) is 39.7. The van der Waals surface area contributed by atoms with Crippen LogP contribution in [0.4, 0.5) is 0 Å². The number of carboxylic acid groups (broad SMARTS) is 4. The van der Waals surface area contributed by atoms with Crippen molar-refractivity contribution in [3.05, 3.63) is 88.5 Å². The first-order chi connectivity index (χ1) is 27.4. The lowest BCUT2D eigenvalue weighted by Gasteiger charge is -2.16. The number of amides is 1. The minimum absolute atomic E-state index is 0.0227. The van der Waals surface area contributed by atoms with E-state index in [-0.39, 0.29) is 43.3 Å². The van der Waals surface area contributed by atoms with Crippen LogP contribution in [0.5, 0.6) is 0 Å². The number of ketones is 1. The molecular weight excluding hydrogens is 746 g/mol. The highest BCUT2D eigenvalue weighted by Crippen LogP contribution is 2.41. The molecule has 3 aromatic rings. The van der Waals surface area contributed by atoms with Crippen molar-refractivity contribution in [3.8, 4) is 0 Å². The average Bonchev–Trinajstić information content (AvgIpc) is 3.81. The first-order valence-electron chi connectivity index (χ1n) is 18.8. The molecule has 7 N–H and O–H groups in total. The van der Waals surface area contributed by atoms with Crippen LogP contribution in [-0.4, -0.2) is 82.0 Å². The smallest absolute Gasteiger partial charge is 0.326 e. The van der Waals surface area contributed by atoms with Crippen LogP contribution in [0.15, 0.2) is 43.5 Å². The third-order valence-corrected chi connectivity index (χ3v) is 11.0. The number of rotatable bonds is 17. The van der Waals surface area contributed by atoms with Crippen LogP contribution < -0.4 is 5.32 Å². The summed E-state index contributed by atoms with van der Waals surface area (Å²) in [6, 6.07) is 6.03. The van der Waals surface area contributed by atoms with E-state index in [2.05, 4.69) is 28.4 Å². The van der Waals surface area contributed by atoms with E-state index < -0.39 is 61.0 Å². The van der Waals surface area contributed by atoms with Gasteiger partial charge in [-0.15, -0.1) is 0 Å². The highest BCUT2D eigenvalue weighted by Gasteiger charge is 2.31. The van der Waals surface area contributed by atoms with Gasteiger partial charge < -0.3 is 35.7 Å². The topological polar surface area (TPSA) is 253 Å². The van der Waals surface area contributed by atoms with Crippen LogP contribution in [0.1, 0.15) is 109 Å². The molecule has 15 nitrogen and oxygen atoms in total. The summed E-state index contributed by atoms with van der Waals surface area (Å²) >= 11 is 0. The van der Waals surface area contributed by atoms with Crippen LogP contribution in [0.2, 0.25) is 0 Å². The molecular formula is C43H47N5O10. The Balaban J connectivity index is 1.69. The van der Waals surface area contributed by atoms with Gasteiger partial charge in [0, 0.05) is 75.7 Å². The van der Waals surface area contributed by atoms with Gasteiger partial charge in [0.1, 0.15) is 11.8 Å². The maximum Gasteiger partial charge on any atom is 0.326 e. The number of aryl methyl sites for hydroxylation is 3. The zero-order valence-electron chi connectivity index (χ0n) is 32.8. The third kappa shape index (κ3) is 9.31. The first-order valence-corrected chi connectivity index (χ1v) is 18.8. The second kappa shape index (κ2) is 17.7. The predicted octanol–water partition coefficient (Wildman–Crippen LogP) is 6.47. The Hall–Kier alpha value is -6.64. The summed E-state index contributed by atoms with van der Waals surface area (Å²) in [7, 11) is 0. The number of carbonyl (C=O) groups excluding carboxylic acids is 2. The molecule has 58 heavy (non-hydrogen) atoms. The number of hydrogen-bond donors (Lipinski definition) is 7. The van der Waals surface area contributed by atoms with Gasteiger partial charge in [-0.1, -0.05) is 32.2 Å². The number of nitrogens with zero attached hydrogens (tertiary/aromatic N) is 2. The molecule has 2 aliphatic heterocycles. The molecule has 0 spiro atoms. The van der Waals surface area contributed by atoms with E-state index in [1.807, 2.05) is 52.0 Å². The van der Waals surface area contributed by atoms with Crippen molar-refractivity contribution in [2.75, 3.05) is 0 Å². The van der Waals surface area contributed by atoms with Gasteiger partial charge in [0.05, 0.1) is 30.1 Å². The number of fused-ring (bicyclic) bond motifs is 8. The number of aromatic nitrogens is 4. The van der Waals surface area contributed by atoms with Crippen LogP contribution in [0.3, 0.4) is 0 Å². The van der Waals surface area contributed by atoms with E-state index in [9.17, 15) is 44.1 Å². The molecule has 8 bridgehead atoms. The Morgan fingerprint density at radius 3 is 2.02 bits per heavy atom. The molecule has 0 radical (unpaired) electrons. The SMILES string of the molecule is C=CC1=C(C)c2cc3[nH]c(cc4nc(cc5[nH]c(cc1n2)c(C)c5CCC(=O)N[C@@H](CC(=O)O)C(=O)O)C(CCC(=O)CC(CC(=O)O)C(=O)O)C4C)c(C)c3C=C. The molecule has 0 saturated heterocycles. The molecule has 3 unspecified atom stereocenters. The Labute approximate surface area is 333 Å². The van der Waals surface area contributed by atoms with Gasteiger partial charge in [-0.3, -0.25) is 29.0 Å². The quantitative estimate of drug-likeness (QED) is 0.0777. The molecule has 0 aliphatic carbocycles.